The highest BCUT2D eigenvalue weighted by Gasteiger charge is 2.04. The molecule has 0 saturated carbocycles. The fraction of sp³-hybridized carbons (Fsp3) is 0.400. The summed E-state index contributed by atoms with van der Waals surface area (Å²) >= 11 is 1.69. The van der Waals surface area contributed by atoms with Gasteiger partial charge in [-0.05, 0) is 19.9 Å². The molecule has 0 radical (unpaired) electrons. The number of aromatic nitrogens is 1. The maximum Gasteiger partial charge on any atom is 0.243 e. The second-order valence-corrected chi connectivity index (χ2v) is 4.27. The van der Waals surface area contributed by atoms with Crippen molar-refractivity contribution in [1.82, 2.24) is 10.3 Å². The first-order valence-corrected chi connectivity index (χ1v) is 5.28. The van der Waals surface area contributed by atoms with Crippen molar-refractivity contribution in [1.29, 1.82) is 0 Å². The van der Waals surface area contributed by atoms with Gasteiger partial charge in [0.2, 0.25) is 5.91 Å². The molecule has 0 aliphatic carbocycles. The monoisotopic (exact) mass is 210 g/mol. The minimum atomic E-state index is -0.121. The summed E-state index contributed by atoms with van der Waals surface area (Å²) in [5.74, 6) is -0.121. The summed E-state index contributed by atoms with van der Waals surface area (Å²) in [5.41, 5.74) is 1.07. The Labute approximate surface area is 87.9 Å². The lowest BCUT2D eigenvalue weighted by Crippen LogP contribution is -2.23. The van der Waals surface area contributed by atoms with E-state index in [9.17, 15) is 4.79 Å². The molecule has 3 nitrogen and oxygen atoms in total. The van der Waals surface area contributed by atoms with Crippen molar-refractivity contribution in [2.24, 2.45) is 0 Å². The second kappa shape index (κ2) is 4.91. The summed E-state index contributed by atoms with van der Waals surface area (Å²) in [4.78, 5) is 16.4. The Hall–Kier alpha value is -1.16. The van der Waals surface area contributed by atoms with Crippen LogP contribution in [-0.4, -0.2) is 17.4 Å². The Morgan fingerprint density at radius 2 is 2.36 bits per heavy atom. The molecule has 0 atom stereocenters. The van der Waals surface area contributed by atoms with Crippen LogP contribution in [0.4, 0.5) is 0 Å². The second-order valence-electron chi connectivity index (χ2n) is 2.99. The minimum Gasteiger partial charge on any atom is -0.352 e. The highest BCUT2D eigenvalue weighted by Crippen LogP contribution is 2.16. The van der Waals surface area contributed by atoms with Crippen LogP contribution < -0.4 is 5.32 Å². The number of carbonyl (C=O) groups excluding carboxylic acids is 1. The number of nitrogens with zero attached hydrogens (tertiary/aromatic N) is 1. The van der Waals surface area contributed by atoms with E-state index in [1.165, 1.54) is 11.0 Å². The average molecular weight is 210 g/mol. The van der Waals surface area contributed by atoms with Crippen molar-refractivity contribution in [3.05, 3.63) is 28.2 Å². The number of carbonyl (C=O) groups is 1. The lowest BCUT2D eigenvalue weighted by molar-refractivity contribution is -0.116. The van der Waals surface area contributed by atoms with Crippen molar-refractivity contribution in [2.45, 2.75) is 20.3 Å². The van der Waals surface area contributed by atoms with Gasteiger partial charge in [0, 0.05) is 17.8 Å². The molecular formula is C10H14N2OS. The van der Waals surface area contributed by atoms with Crippen LogP contribution in [-0.2, 0) is 11.2 Å². The van der Waals surface area contributed by atoms with Gasteiger partial charge < -0.3 is 5.32 Å². The first kappa shape index (κ1) is 10.9. The molecule has 0 aliphatic rings. The normalized spacial score (nSPS) is 9.86. The number of hydrogen-bond acceptors (Lipinski definition) is 3. The van der Waals surface area contributed by atoms with Gasteiger partial charge in [-0.2, -0.15) is 0 Å². The number of thiazole rings is 1. The van der Waals surface area contributed by atoms with Gasteiger partial charge in [-0.15, -0.1) is 11.3 Å². The largest absolute Gasteiger partial charge is 0.352 e. The molecule has 0 unspecified atom stereocenters. The predicted octanol–water partition coefficient (Wildman–Crippen LogP) is 1.60. The first-order chi connectivity index (χ1) is 6.63. The minimum absolute atomic E-state index is 0.121. The van der Waals surface area contributed by atoms with Gasteiger partial charge >= 0.3 is 0 Å². The molecule has 14 heavy (non-hydrogen) atoms. The average Bonchev–Trinajstić information content (AvgIpc) is 2.45. The molecule has 0 spiro atoms. The lowest BCUT2D eigenvalue weighted by Gasteiger charge is -2.00. The van der Waals surface area contributed by atoms with Crippen molar-refractivity contribution in [2.75, 3.05) is 6.54 Å². The van der Waals surface area contributed by atoms with E-state index < -0.39 is 0 Å². The van der Waals surface area contributed by atoms with Gasteiger partial charge in [0.25, 0.3) is 0 Å². The Morgan fingerprint density at radius 3 is 2.86 bits per heavy atom. The molecular weight excluding hydrogens is 196 g/mol. The molecule has 1 N–H and O–H groups in total. The summed E-state index contributed by atoms with van der Waals surface area (Å²) in [6, 6.07) is 0. The first-order valence-electron chi connectivity index (χ1n) is 4.46. The van der Waals surface area contributed by atoms with E-state index in [1.54, 1.807) is 11.3 Å². The highest BCUT2D eigenvalue weighted by molar-refractivity contribution is 7.11. The molecule has 1 aromatic rings. The quantitative estimate of drug-likeness (QED) is 0.767. The van der Waals surface area contributed by atoms with Crippen LogP contribution in [0.2, 0.25) is 0 Å². The van der Waals surface area contributed by atoms with Crippen molar-refractivity contribution < 1.29 is 4.79 Å². The van der Waals surface area contributed by atoms with Crippen LogP contribution in [0, 0.1) is 13.8 Å². The SMILES string of the molecule is C=CC(=O)NCCc1sc(C)nc1C. The zero-order valence-corrected chi connectivity index (χ0v) is 9.28. The molecule has 1 heterocycles. The predicted molar refractivity (Wildman–Crippen MR) is 58.5 cm³/mol. The summed E-state index contributed by atoms with van der Waals surface area (Å²) in [6.45, 7) is 8.02. The molecule has 0 aromatic carbocycles. The summed E-state index contributed by atoms with van der Waals surface area (Å²) in [7, 11) is 0. The highest BCUT2D eigenvalue weighted by atomic mass is 32.1. The maximum atomic E-state index is 10.9. The number of amides is 1. The summed E-state index contributed by atoms with van der Waals surface area (Å²) < 4.78 is 0. The third-order valence-corrected chi connectivity index (χ3v) is 2.97. The molecule has 0 saturated heterocycles. The third kappa shape index (κ3) is 2.96. The van der Waals surface area contributed by atoms with Crippen LogP contribution in [0.15, 0.2) is 12.7 Å². The Balaban J connectivity index is 2.42. The lowest BCUT2D eigenvalue weighted by atomic mass is 10.3. The zero-order chi connectivity index (χ0) is 10.6. The molecule has 0 aliphatic heterocycles. The van der Waals surface area contributed by atoms with Gasteiger partial charge in [0.05, 0.1) is 10.7 Å². The van der Waals surface area contributed by atoms with Crippen LogP contribution in [0.25, 0.3) is 0 Å². The van der Waals surface area contributed by atoms with E-state index >= 15 is 0 Å². The fourth-order valence-corrected chi connectivity index (χ4v) is 2.11. The van der Waals surface area contributed by atoms with Crippen LogP contribution in [0.3, 0.4) is 0 Å². The van der Waals surface area contributed by atoms with Crippen LogP contribution in [0.1, 0.15) is 15.6 Å². The topological polar surface area (TPSA) is 42.0 Å². The number of nitrogens with one attached hydrogen (secondary N) is 1. The number of hydrogen-bond donors (Lipinski definition) is 1. The zero-order valence-electron chi connectivity index (χ0n) is 8.46. The Bertz CT molecular complexity index is 344. The fourth-order valence-electron chi connectivity index (χ4n) is 1.18. The van der Waals surface area contributed by atoms with E-state index in [2.05, 4.69) is 16.9 Å². The van der Waals surface area contributed by atoms with Gasteiger partial charge in [0.1, 0.15) is 0 Å². The van der Waals surface area contributed by atoms with Gasteiger partial charge in [0.15, 0.2) is 0 Å². The molecule has 1 rings (SSSR count). The van der Waals surface area contributed by atoms with Crippen molar-refractivity contribution in [3.8, 4) is 0 Å². The molecule has 4 heteroatoms. The van der Waals surface area contributed by atoms with Gasteiger partial charge in [-0.25, -0.2) is 4.98 Å². The number of aryl methyl sites for hydroxylation is 2. The Morgan fingerprint density at radius 1 is 1.64 bits per heavy atom. The molecule has 1 aromatic heterocycles. The summed E-state index contributed by atoms with van der Waals surface area (Å²) in [6.07, 6.45) is 2.13. The molecule has 0 bridgehead atoms. The standard InChI is InChI=1S/C10H14N2OS/c1-4-10(13)11-6-5-9-7(2)12-8(3)14-9/h4H,1,5-6H2,2-3H3,(H,11,13). The van der Waals surface area contributed by atoms with Crippen molar-refractivity contribution >= 4 is 17.2 Å². The number of rotatable bonds is 4. The van der Waals surface area contributed by atoms with E-state index in [0.717, 1.165) is 17.1 Å². The van der Waals surface area contributed by atoms with E-state index in [1.807, 2.05) is 13.8 Å². The van der Waals surface area contributed by atoms with Crippen LogP contribution in [0.5, 0.6) is 0 Å². The third-order valence-electron chi connectivity index (χ3n) is 1.84. The van der Waals surface area contributed by atoms with Gasteiger partial charge in [-0.3, -0.25) is 4.79 Å². The maximum absolute atomic E-state index is 10.9. The van der Waals surface area contributed by atoms with Crippen LogP contribution >= 0.6 is 11.3 Å². The molecule has 1 amide bonds. The molecule has 76 valence electrons. The Kier molecular flexibility index (Phi) is 3.83. The van der Waals surface area contributed by atoms with E-state index in [-0.39, 0.29) is 5.91 Å². The summed E-state index contributed by atoms with van der Waals surface area (Å²) in [5, 5.41) is 3.82. The van der Waals surface area contributed by atoms with Crippen molar-refractivity contribution in [3.63, 3.8) is 0 Å². The van der Waals surface area contributed by atoms with E-state index in [4.69, 9.17) is 0 Å². The van der Waals surface area contributed by atoms with E-state index in [0.29, 0.717) is 6.54 Å². The smallest absolute Gasteiger partial charge is 0.243 e. The van der Waals surface area contributed by atoms with Gasteiger partial charge in [-0.1, -0.05) is 6.58 Å². The molecule has 0 fully saturated rings.